The van der Waals surface area contributed by atoms with E-state index in [1.165, 1.54) is 12.1 Å². The zero-order valence-electron chi connectivity index (χ0n) is 14.1. The Morgan fingerprint density at radius 3 is 2.17 bits per heavy atom. The van der Waals surface area contributed by atoms with Crippen molar-refractivity contribution < 1.29 is 9.18 Å². The quantitative estimate of drug-likeness (QED) is 0.778. The molecule has 0 bridgehead atoms. The number of benzene rings is 1. The predicted molar refractivity (Wildman–Crippen MR) is 97.8 cm³/mol. The molecule has 7 heteroatoms. The average molecular weight is 368 g/mol. The highest BCUT2D eigenvalue weighted by Crippen LogP contribution is 2.17. The van der Waals surface area contributed by atoms with Gasteiger partial charge in [-0.1, -0.05) is 26.0 Å². The van der Waals surface area contributed by atoms with E-state index in [-0.39, 0.29) is 42.6 Å². The van der Waals surface area contributed by atoms with Gasteiger partial charge in [0.2, 0.25) is 5.91 Å². The summed E-state index contributed by atoms with van der Waals surface area (Å²) in [6.07, 6.45) is 0.662. The Morgan fingerprint density at radius 1 is 1.22 bits per heavy atom. The fourth-order valence-corrected chi connectivity index (χ4v) is 2.23. The van der Waals surface area contributed by atoms with Gasteiger partial charge in [-0.3, -0.25) is 4.79 Å². The molecule has 0 aliphatic heterocycles. The van der Waals surface area contributed by atoms with Gasteiger partial charge in [0.1, 0.15) is 5.82 Å². The highest BCUT2D eigenvalue weighted by atomic mass is 35.5. The number of nitrogens with two attached hydrogens (primary N) is 1. The van der Waals surface area contributed by atoms with Crippen LogP contribution in [-0.4, -0.2) is 37.5 Å². The number of nitrogens with one attached hydrogen (secondary N) is 1. The van der Waals surface area contributed by atoms with Crippen LogP contribution in [0.15, 0.2) is 24.3 Å². The number of amides is 1. The van der Waals surface area contributed by atoms with Crippen molar-refractivity contribution in [3.63, 3.8) is 0 Å². The van der Waals surface area contributed by atoms with Crippen LogP contribution in [0.1, 0.15) is 31.9 Å². The molecule has 1 aromatic carbocycles. The van der Waals surface area contributed by atoms with Crippen molar-refractivity contribution >= 4 is 30.7 Å². The Bertz CT molecular complexity index is 455. The van der Waals surface area contributed by atoms with Gasteiger partial charge >= 0.3 is 0 Å². The van der Waals surface area contributed by atoms with Crippen LogP contribution < -0.4 is 11.1 Å². The van der Waals surface area contributed by atoms with Crippen molar-refractivity contribution in [2.45, 2.75) is 32.4 Å². The summed E-state index contributed by atoms with van der Waals surface area (Å²) in [5.41, 5.74) is 6.82. The van der Waals surface area contributed by atoms with E-state index in [0.717, 1.165) is 5.56 Å². The Kier molecular flexibility index (Phi) is 12.3. The first-order valence-electron chi connectivity index (χ1n) is 7.26. The van der Waals surface area contributed by atoms with Crippen molar-refractivity contribution in [3.05, 3.63) is 35.6 Å². The number of hydrogen-bond donors (Lipinski definition) is 2. The van der Waals surface area contributed by atoms with Crippen molar-refractivity contribution in [3.8, 4) is 0 Å². The number of likely N-dealkylation sites (N-methyl/N-ethyl adjacent to an activating group) is 1. The minimum absolute atomic E-state index is 0. The zero-order valence-corrected chi connectivity index (χ0v) is 15.7. The zero-order chi connectivity index (χ0) is 16.0. The normalized spacial score (nSPS) is 13.0. The van der Waals surface area contributed by atoms with Crippen LogP contribution in [0.25, 0.3) is 0 Å². The highest BCUT2D eigenvalue weighted by Gasteiger charge is 2.19. The van der Waals surface area contributed by atoms with E-state index in [1.54, 1.807) is 12.1 Å². The minimum atomic E-state index is -0.485. The third-order valence-corrected chi connectivity index (χ3v) is 3.41. The molecule has 0 heterocycles. The molecule has 1 aromatic rings. The molecule has 0 aliphatic carbocycles. The van der Waals surface area contributed by atoms with Gasteiger partial charge in [-0.2, -0.15) is 0 Å². The Labute approximate surface area is 150 Å². The Hall–Kier alpha value is -0.880. The molecule has 1 amide bonds. The van der Waals surface area contributed by atoms with Gasteiger partial charge in [-0.25, -0.2) is 4.39 Å². The van der Waals surface area contributed by atoms with Gasteiger partial charge in [0.15, 0.2) is 0 Å². The molecule has 0 spiro atoms. The molecule has 0 saturated heterocycles. The molecule has 0 aliphatic rings. The lowest BCUT2D eigenvalue weighted by atomic mass is 10.0. The highest BCUT2D eigenvalue weighted by molar-refractivity contribution is 5.85. The SMILES string of the molecule is CC(C)C[C@H](N)C(=O)NCC(c1ccc(F)cc1)N(C)C.Cl.Cl. The maximum atomic E-state index is 13.0. The number of hydrogen-bond acceptors (Lipinski definition) is 3. The second kappa shape index (κ2) is 11.6. The summed E-state index contributed by atoms with van der Waals surface area (Å²) >= 11 is 0. The number of halogens is 3. The van der Waals surface area contributed by atoms with Crippen molar-refractivity contribution in [1.82, 2.24) is 10.2 Å². The van der Waals surface area contributed by atoms with Crippen LogP contribution in [0.3, 0.4) is 0 Å². The minimum Gasteiger partial charge on any atom is -0.353 e. The molecule has 134 valence electrons. The maximum Gasteiger partial charge on any atom is 0.236 e. The van der Waals surface area contributed by atoms with Crippen LogP contribution in [0.5, 0.6) is 0 Å². The Balaban J connectivity index is 0. The topological polar surface area (TPSA) is 58.4 Å². The van der Waals surface area contributed by atoms with Crippen LogP contribution in [0.2, 0.25) is 0 Å². The van der Waals surface area contributed by atoms with Gasteiger partial charge in [-0.15, -0.1) is 24.8 Å². The third-order valence-electron chi connectivity index (χ3n) is 3.41. The molecule has 23 heavy (non-hydrogen) atoms. The molecule has 1 rings (SSSR count). The first-order chi connectivity index (χ1) is 9.81. The van der Waals surface area contributed by atoms with E-state index in [0.29, 0.717) is 18.9 Å². The van der Waals surface area contributed by atoms with E-state index in [4.69, 9.17) is 5.73 Å². The van der Waals surface area contributed by atoms with Crippen LogP contribution in [-0.2, 0) is 4.79 Å². The van der Waals surface area contributed by atoms with Gasteiger partial charge < -0.3 is 16.0 Å². The molecule has 0 aromatic heterocycles. The summed E-state index contributed by atoms with van der Waals surface area (Å²) in [6.45, 7) is 4.52. The summed E-state index contributed by atoms with van der Waals surface area (Å²) in [7, 11) is 3.85. The van der Waals surface area contributed by atoms with Gasteiger partial charge in [0, 0.05) is 6.54 Å². The van der Waals surface area contributed by atoms with E-state index >= 15 is 0 Å². The van der Waals surface area contributed by atoms with E-state index in [2.05, 4.69) is 5.32 Å². The second-order valence-electron chi connectivity index (χ2n) is 6.01. The summed E-state index contributed by atoms with van der Waals surface area (Å²) in [5.74, 6) is -0.0237. The molecule has 0 fully saturated rings. The number of carbonyl (C=O) groups is 1. The van der Waals surface area contributed by atoms with Gasteiger partial charge in [0.25, 0.3) is 0 Å². The first kappa shape index (κ1) is 24.4. The third kappa shape index (κ3) is 8.51. The molecule has 1 unspecified atom stereocenters. The molecule has 2 atom stereocenters. The lowest BCUT2D eigenvalue weighted by Crippen LogP contribution is -2.44. The van der Waals surface area contributed by atoms with Crippen LogP contribution in [0, 0.1) is 11.7 Å². The van der Waals surface area contributed by atoms with E-state index in [1.807, 2.05) is 32.8 Å². The fraction of sp³-hybridized carbons (Fsp3) is 0.562. The summed E-state index contributed by atoms with van der Waals surface area (Å²) in [4.78, 5) is 14.0. The number of rotatable bonds is 7. The lowest BCUT2D eigenvalue weighted by Gasteiger charge is -2.26. The average Bonchev–Trinajstić information content (AvgIpc) is 2.39. The van der Waals surface area contributed by atoms with Gasteiger partial charge in [-0.05, 0) is 44.1 Å². The molecule has 4 nitrogen and oxygen atoms in total. The monoisotopic (exact) mass is 367 g/mol. The molecular weight excluding hydrogens is 340 g/mol. The van der Waals surface area contributed by atoms with Gasteiger partial charge in [0.05, 0.1) is 12.1 Å². The smallest absolute Gasteiger partial charge is 0.236 e. The maximum absolute atomic E-state index is 13.0. The van der Waals surface area contributed by atoms with Crippen molar-refractivity contribution in [2.24, 2.45) is 11.7 Å². The molecular formula is C16H28Cl2FN3O. The summed E-state index contributed by atoms with van der Waals surface area (Å²) in [5, 5.41) is 2.88. The largest absolute Gasteiger partial charge is 0.353 e. The molecule has 0 saturated carbocycles. The first-order valence-corrected chi connectivity index (χ1v) is 7.26. The summed E-state index contributed by atoms with van der Waals surface area (Å²) < 4.78 is 13.0. The Morgan fingerprint density at radius 2 is 1.74 bits per heavy atom. The molecule has 0 radical (unpaired) electrons. The predicted octanol–water partition coefficient (Wildman–Crippen LogP) is 2.76. The number of carbonyl (C=O) groups excluding carboxylic acids is 1. The summed E-state index contributed by atoms with van der Waals surface area (Å²) in [6, 6.07) is 5.83. The molecule has 3 N–H and O–H groups in total. The van der Waals surface area contributed by atoms with Crippen molar-refractivity contribution in [2.75, 3.05) is 20.6 Å². The van der Waals surface area contributed by atoms with Crippen molar-refractivity contribution in [1.29, 1.82) is 0 Å². The lowest BCUT2D eigenvalue weighted by molar-refractivity contribution is -0.122. The standard InChI is InChI=1S/C16H26FN3O.2ClH/c1-11(2)9-14(18)16(21)19-10-15(20(3)4)12-5-7-13(17)8-6-12;;/h5-8,11,14-15H,9-10,18H2,1-4H3,(H,19,21);2*1H/t14-,15?;;/m0../s1. The van der Waals surface area contributed by atoms with Crippen LogP contribution >= 0.6 is 24.8 Å². The fourth-order valence-electron chi connectivity index (χ4n) is 2.23. The van der Waals surface area contributed by atoms with Crippen LogP contribution in [0.4, 0.5) is 4.39 Å². The van der Waals surface area contributed by atoms with E-state index < -0.39 is 6.04 Å². The number of nitrogens with zero attached hydrogens (tertiary/aromatic N) is 1. The second-order valence-corrected chi connectivity index (χ2v) is 6.01. The van der Waals surface area contributed by atoms with E-state index in [9.17, 15) is 9.18 Å².